The fraction of sp³-hybridized carbons (Fsp3) is 0.0667. The first-order valence-corrected chi connectivity index (χ1v) is 7.98. The number of rotatable bonds is 4. The van der Waals surface area contributed by atoms with Crippen molar-refractivity contribution in [3.05, 3.63) is 69.3 Å². The molecule has 0 saturated heterocycles. The molecule has 0 spiro atoms. The fourth-order valence-corrected chi connectivity index (χ4v) is 3.19. The average Bonchev–Trinajstić information content (AvgIpc) is 3.18. The van der Waals surface area contributed by atoms with E-state index in [0.29, 0.717) is 12.1 Å². The number of aromatic nitrogens is 1. The number of anilines is 1. The van der Waals surface area contributed by atoms with Gasteiger partial charge in [-0.25, -0.2) is 0 Å². The Morgan fingerprint density at radius 1 is 1.15 bits per heavy atom. The molecule has 3 aromatic rings. The van der Waals surface area contributed by atoms with Gasteiger partial charge in [0, 0.05) is 11.6 Å². The van der Waals surface area contributed by atoms with Gasteiger partial charge in [0.1, 0.15) is 0 Å². The van der Waals surface area contributed by atoms with Gasteiger partial charge < -0.3 is 4.90 Å². The molecule has 0 fully saturated rings. The highest BCUT2D eigenvalue weighted by Crippen LogP contribution is 2.21. The molecular weight excluding hydrogens is 288 g/mol. The van der Waals surface area contributed by atoms with Crippen LogP contribution in [0, 0.1) is 0 Å². The standard InChI is InChI=1S/C15H12N2OS2/c18-15(13-4-7-20-11-13)17(9-12-3-6-19-10-12)14-2-1-5-16-8-14/h1-8,10-11H,9H2. The van der Waals surface area contributed by atoms with Crippen LogP contribution in [0.4, 0.5) is 5.69 Å². The number of amides is 1. The van der Waals surface area contributed by atoms with E-state index in [4.69, 9.17) is 0 Å². The normalized spacial score (nSPS) is 10.4. The Morgan fingerprint density at radius 2 is 2.00 bits per heavy atom. The van der Waals surface area contributed by atoms with Gasteiger partial charge in [0.15, 0.2) is 0 Å². The second-order valence-corrected chi connectivity index (χ2v) is 5.81. The topological polar surface area (TPSA) is 33.2 Å². The number of pyridine rings is 1. The third-order valence-electron chi connectivity index (χ3n) is 2.89. The van der Waals surface area contributed by atoms with Gasteiger partial charge in [0.05, 0.1) is 24.0 Å². The molecular formula is C15H12N2OS2. The maximum atomic E-state index is 12.6. The van der Waals surface area contributed by atoms with E-state index in [9.17, 15) is 4.79 Å². The van der Waals surface area contributed by atoms with Crippen LogP contribution in [0.1, 0.15) is 15.9 Å². The SMILES string of the molecule is O=C(c1ccsc1)N(Cc1ccsc1)c1cccnc1. The molecule has 20 heavy (non-hydrogen) atoms. The van der Waals surface area contributed by atoms with Gasteiger partial charge in [-0.2, -0.15) is 22.7 Å². The summed E-state index contributed by atoms with van der Waals surface area (Å²) in [5, 5.41) is 7.87. The van der Waals surface area contributed by atoms with Gasteiger partial charge in [-0.1, -0.05) is 0 Å². The molecule has 0 atom stereocenters. The van der Waals surface area contributed by atoms with Gasteiger partial charge in [-0.05, 0) is 46.0 Å². The fourth-order valence-electron chi connectivity index (χ4n) is 1.90. The van der Waals surface area contributed by atoms with Crippen molar-refractivity contribution in [3.63, 3.8) is 0 Å². The highest BCUT2D eigenvalue weighted by Gasteiger charge is 2.18. The first-order chi connectivity index (χ1) is 9.84. The smallest absolute Gasteiger partial charge is 0.259 e. The molecule has 0 radical (unpaired) electrons. The first-order valence-electron chi connectivity index (χ1n) is 6.10. The van der Waals surface area contributed by atoms with Gasteiger partial charge in [0.25, 0.3) is 5.91 Å². The lowest BCUT2D eigenvalue weighted by molar-refractivity contribution is 0.0985. The lowest BCUT2D eigenvalue weighted by Crippen LogP contribution is -2.30. The van der Waals surface area contributed by atoms with Crippen LogP contribution in [0.3, 0.4) is 0 Å². The van der Waals surface area contributed by atoms with Crippen molar-refractivity contribution in [2.75, 3.05) is 4.90 Å². The second kappa shape index (κ2) is 5.98. The number of carbonyl (C=O) groups is 1. The van der Waals surface area contributed by atoms with Crippen LogP contribution >= 0.6 is 22.7 Å². The van der Waals surface area contributed by atoms with Crippen LogP contribution < -0.4 is 4.90 Å². The van der Waals surface area contributed by atoms with E-state index in [1.165, 1.54) is 11.3 Å². The summed E-state index contributed by atoms with van der Waals surface area (Å²) in [6.07, 6.45) is 3.43. The van der Waals surface area contributed by atoms with E-state index in [0.717, 1.165) is 11.3 Å². The molecule has 0 saturated carbocycles. The van der Waals surface area contributed by atoms with Crippen LogP contribution in [0.25, 0.3) is 0 Å². The van der Waals surface area contributed by atoms with E-state index >= 15 is 0 Å². The summed E-state index contributed by atoms with van der Waals surface area (Å²) in [7, 11) is 0. The highest BCUT2D eigenvalue weighted by molar-refractivity contribution is 7.08. The summed E-state index contributed by atoms with van der Waals surface area (Å²) in [5.41, 5.74) is 2.66. The zero-order valence-corrected chi connectivity index (χ0v) is 12.2. The molecule has 0 aliphatic heterocycles. The Bertz CT molecular complexity index is 663. The molecule has 0 N–H and O–H groups in total. The summed E-state index contributed by atoms with van der Waals surface area (Å²) >= 11 is 3.16. The minimum absolute atomic E-state index is 0.00505. The number of nitrogens with zero attached hydrogens (tertiary/aromatic N) is 2. The van der Waals surface area contributed by atoms with Crippen molar-refractivity contribution in [1.82, 2.24) is 4.98 Å². The molecule has 5 heteroatoms. The molecule has 3 rings (SSSR count). The molecule has 0 bridgehead atoms. The molecule has 0 unspecified atom stereocenters. The largest absolute Gasteiger partial charge is 0.302 e. The van der Waals surface area contributed by atoms with Crippen molar-refractivity contribution >= 4 is 34.3 Å². The Kier molecular flexibility index (Phi) is 3.90. The zero-order valence-electron chi connectivity index (χ0n) is 10.6. The van der Waals surface area contributed by atoms with Gasteiger partial charge in [0.2, 0.25) is 0 Å². The Labute approximate surface area is 125 Å². The van der Waals surface area contributed by atoms with E-state index in [-0.39, 0.29) is 5.91 Å². The Balaban J connectivity index is 1.93. The molecule has 0 aliphatic rings. The van der Waals surface area contributed by atoms with Crippen LogP contribution in [-0.2, 0) is 6.54 Å². The van der Waals surface area contributed by atoms with E-state index < -0.39 is 0 Å². The summed E-state index contributed by atoms with van der Waals surface area (Å²) < 4.78 is 0. The van der Waals surface area contributed by atoms with Crippen LogP contribution in [0.5, 0.6) is 0 Å². The van der Waals surface area contributed by atoms with Gasteiger partial charge in [-0.3, -0.25) is 9.78 Å². The number of hydrogen-bond donors (Lipinski definition) is 0. The first kappa shape index (κ1) is 13.0. The quantitative estimate of drug-likeness (QED) is 0.728. The maximum Gasteiger partial charge on any atom is 0.259 e. The summed E-state index contributed by atoms with van der Waals surface area (Å²) in [6.45, 7) is 0.559. The third kappa shape index (κ3) is 2.79. The lowest BCUT2D eigenvalue weighted by Gasteiger charge is -2.21. The van der Waals surface area contributed by atoms with Crippen molar-refractivity contribution in [3.8, 4) is 0 Å². The summed E-state index contributed by atoms with van der Waals surface area (Å²) in [5.74, 6) is 0.00505. The Morgan fingerprint density at radius 3 is 2.65 bits per heavy atom. The Hall–Kier alpha value is -1.98. The van der Waals surface area contributed by atoms with Crippen LogP contribution in [0.2, 0.25) is 0 Å². The predicted molar refractivity (Wildman–Crippen MR) is 83.4 cm³/mol. The van der Waals surface area contributed by atoms with Crippen molar-refractivity contribution in [1.29, 1.82) is 0 Å². The molecule has 100 valence electrons. The highest BCUT2D eigenvalue weighted by atomic mass is 32.1. The van der Waals surface area contributed by atoms with Gasteiger partial charge in [-0.15, -0.1) is 0 Å². The third-order valence-corrected chi connectivity index (χ3v) is 4.31. The van der Waals surface area contributed by atoms with Crippen molar-refractivity contribution in [2.45, 2.75) is 6.54 Å². The summed E-state index contributed by atoms with van der Waals surface area (Å²) in [6, 6.07) is 7.64. The van der Waals surface area contributed by atoms with Crippen molar-refractivity contribution < 1.29 is 4.79 Å². The second-order valence-electron chi connectivity index (χ2n) is 4.25. The van der Waals surface area contributed by atoms with E-state index in [1.54, 1.807) is 28.6 Å². The van der Waals surface area contributed by atoms with E-state index in [2.05, 4.69) is 10.4 Å². The molecule has 3 heterocycles. The van der Waals surface area contributed by atoms with Gasteiger partial charge >= 0.3 is 0 Å². The molecule has 3 aromatic heterocycles. The van der Waals surface area contributed by atoms with Crippen LogP contribution in [0.15, 0.2) is 58.2 Å². The molecule has 0 aliphatic carbocycles. The number of carbonyl (C=O) groups excluding carboxylic acids is 1. The number of hydrogen-bond acceptors (Lipinski definition) is 4. The zero-order chi connectivity index (χ0) is 13.8. The average molecular weight is 300 g/mol. The minimum Gasteiger partial charge on any atom is -0.302 e. The summed E-state index contributed by atoms with van der Waals surface area (Å²) in [4.78, 5) is 18.5. The lowest BCUT2D eigenvalue weighted by atomic mass is 10.2. The minimum atomic E-state index is 0.00505. The molecule has 0 aromatic carbocycles. The monoisotopic (exact) mass is 300 g/mol. The number of thiophene rings is 2. The molecule has 3 nitrogen and oxygen atoms in total. The predicted octanol–water partition coefficient (Wildman–Crippen LogP) is 4.05. The van der Waals surface area contributed by atoms with Crippen molar-refractivity contribution in [2.24, 2.45) is 0 Å². The van der Waals surface area contributed by atoms with E-state index in [1.807, 2.05) is 40.4 Å². The molecule has 1 amide bonds. The van der Waals surface area contributed by atoms with Crippen LogP contribution in [-0.4, -0.2) is 10.9 Å². The maximum absolute atomic E-state index is 12.6.